The van der Waals surface area contributed by atoms with Crippen molar-refractivity contribution in [2.45, 2.75) is 168 Å². The molecule has 0 N–H and O–H groups in total. The van der Waals surface area contributed by atoms with Crippen LogP contribution in [0.25, 0.3) is 0 Å². The maximum Gasteiger partial charge on any atom is 0.119 e. The van der Waals surface area contributed by atoms with Crippen molar-refractivity contribution < 1.29 is 37.9 Å². The van der Waals surface area contributed by atoms with Crippen molar-refractivity contribution in [2.75, 3.05) is 99.1 Å². The van der Waals surface area contributed by atoms with Gasteiger partial charge < -0.3 is 37.9 Å². The van der Waals surface area contributed by atoms with Gasteiger partial charge in [0.05, 0.1) is 85.9 Å². The van der Waals surface area contributed by atoms with Gasteiger partial charge >= 0.3 is 0 Å². The molecular formula is C47H88O8. The Labute approximate surface area is 339 Å². The average Bonchev–Trinajstić information content (AvgIpc) is 3.20. The molecule has 8 heteroatoms. The molecule has 0 aliphatic rings. The summed E-state index contributed by atoms with van der Waals surface area (Å²) in [5.74, 6) is 0.897. The first-order valence-corrected chi connectivity index (χ1v) is 23.1. The second-order valence-corrected chi connectivity index (χ2v) is 15.0. The summed E-state index contributed by atoms with van der Waals surface area (Å²) in [6.45, 7) is 13.3. The van der Waals surface area contributed by atoms with Crippen LogP contribution in [0.2, 0.25) is 0 Å². The third kappa shape index (κ3) is 40.7. The molecule has 1 aromatic carbocycles. The normalized spacial score (nSPS) is 11.5. The molecule has 0 aromatic heterocycles. The van der Waals surface area contributed by atoms with E-state index in [1.165, 1.54) is 147 Å². The van der Waals surface area contributed by atoms with E-state index in [0.717, 1.165) is 25.2 Å². The van der Waals surface area contributed by atoms with Gasteiger partial charge in [-0.3, -0.25) is 0 Å². The highest BCUT2D eigenvalue weighted by molar-refractivity contribution is 5.27. The Balaban J connectivity index is 1.67. The van der Waals surface area contributed by atoms with E-state index in [2.05, 4.69) is 38.1 Å². The molecule has 0 radical (unpaired) electrons. The highest BCUT2D eigenvalue weighted by atomic mass is 16.6. The molecule has 324 valence electrons. The second kappa shape index (κ2) is 45.4. The van der Waals surface area contributed by atoms with Crippen molar-refractivity contribution in [3.05, 3.63) is 29.8 Å². The van der Waals surface area contributed by atoms with Gasteiger partial charge in [-0.05, 0) is 37.0 Å². The van der Waals surface area contributed by atoms with Crippen LogP contribution in [-0.2, 0) is 39.6 Å². The Hall–Kier alpha value is -1.26. The van der Waals surface area contributed by atoms with Crippen LogP contribution in [0, 0.1) is 0 Å². The van der Waals surface area contributed by atoms with Crippen LogP contribution in [-0.4, -0.2) is 99.1 Å². The smallest absolute Gasteiger partial charge is 0.119 e. The van der Waals surface area contributed by atoms with Crippen LogP contribution in [0.3, 0.4) is 0 Å². The quantitative estimate of drug-likeness (QED) is 0.0606. The number of unbranched alkanes of at least 4 members (excludes halogenated alkanes) is 21. The van der Waals surface area contributed by atoms with Crippen LogP contribution in [0.1, 0.15) is 167 Å². The predicted octanol–water partition coefficient (Wildman–Crippen LogP) is 11.7. The van der Waals surface area contributed by atoms with Gasteiger partial charge in [0.2, 0.25) is 0 Å². The fraction of sp³-hybridized carbons (Fsp3) is 0.872. The molecule has 0 bridgehead atoms. The lowest BCUT2D eigenvalue weighted by atomic mass is 10.0. The first-order chi connectivity index (χ1) is 27.4. The van der Waals surface area contributed by atoms with Gasteiger partial charge in [-0.15, -0.1) is 0 Å². The molecule has 0 saturated carbocycles. The lowest BCUT2D eigenvalue weighted by molar-refractivity contribution is -0.0213. The molecule has 0 unspecified atom stereocenters. The zero-order valence-electron chi connectivity index (χ0n) is 36.2. The summed E-state index contributed by atoms with van der Waals surface area (Å²) in [7, 11) is 0. The molecule has 1 rings (SSSR count). The number of rotatable bonds is 47. The molecule has 1 aromatic rings. The van der Waals surface area contributed by atoms with E-state index in [1.54, 1.807) is 0 Å². The summed E-state index contributed by atoms with van der Waals surface area (Å²) >= 11 is 0. The maximum absolute atomic E-state index is 5.80. The van der Waals surface area contributed by atoms with Crippen LogP contribution in [0.5, 0.6) is 5.75 Å². The number of hydrogen-bond acceptors (Lipinski definition) is 8. The van der Waals surface area contributed by atoms with Crippen molar-refractivity contribution in [3.63, 3.8) is 0 Å². The summed E-state index contributed by atoms with van der Waals surface area (Å²) in [6.07, 6.45) is 32.8. The highest BCUT2D eigenvalue weighted by Gasteiger charge is 2.00. The maximum atomic E-state index is 5.80. The summed E-state index contributed by atoms with van der Waals surface area (Å²) in [4.78, 5) is 0. The molecule has 0 atom stereocenters. The number of ether oxygens (including phenoxy) is 8. The third-order valence-corrected chi connectivity index (χ3v) is 9.86. The minimum atomic E-state index is 0.536. The summed E-state index contributed by atoms with van der Waals surface area (Å²) in [5, 5.41) is 0. The standard InChI is InChI=1S/C47H88O8/c1-3-5-7-9-11-12-13-14-15-16-17-18-19-21-23-25-31-48-32-33-49-34-35-50-36-37-51-38-39-52-40-41-53-42-43-54-44-45-55-47-29-27-46(28-30-47)26-24-22-20-10-8-6-4-2/h27-30H,3-26,31-45H2,1-2H3. The monoisotopic (exact) mass is 781 g/mol. The summed E-state index contributed by atoms with van der Waals surface area (Å²) in [6, 6.07) is 8.49. The van der Waals surface area contributed by atoms with Gasteiger partial charge in [-0.2, -0.15) is 0 Å². The highest BCUT2D eigenvalue weighted by Crippen LogP contribution is 2.16. The average molecular weight is 781 g/mol. The molecule has 0 saturated heterocycles. The molecule has 0 heterocycles. The van der Waals surface area contributed by atoms with Crippen molar-refractivity contribution in [2.24, 2.45) is 0 Å². The predicted molar refractivity (Wildman–Crippen MR) is 229 cm³/mol. The van der Waals surface area contributed by atoms with Gasteiger partial charge in [0.1, 0.15) is 12.4 Å². The first-order valence-electron chi connectivity index (χ1n) is 23.1. The van der Waals surface area contributed by atoms with Crippen molar-refractivity contribution >= 4 is 0 Å². The topological polar surface area (TPSA) is 73.8 Å². The molecule has 0 spiro atoms. The lowest BCUT2D eigenvalue weighted by Gasteiger charge is -2.09. The van der Waals surface area contributed by atoms with E-state index < -0.39 is 0 Å². The zero-order chi connectivity index (χ0) is 39.2. The number of aryl methyl sites for hydroxylation is 1. The Bertz CT molecular complexity index is 839. The van der Waals surface area contributed by atoms with E-state index in [9.17, 15) is 0 Å². The molecule has 0 amide bonds. The largest absolute Gasteiger partial charge is 0.491 e. The Morgan fingerprint density at radius 2 is 0.545 bits per heavy atom. The van der Waals surface area contributed by atoms with Crippen LogP contribution >= 0.6 is 0 Å². The van der Waals surface area contributed by atoms with Crippen LogP contribution in [0.15, 0.2) is 24.3 Å². The van der Waals surface area contributed by atoms with Crippen LogP contribution < -0.4 is 4.74 Å². The molecule has 0 aliphatic carbocycles. The minimum absolute atomic E-state index is 0.536. The fourth-order valence-electron chi connectivity index (χ4n) is 6.43. The minimum Gasteiger partial charge on any atom is -0.491 e. The van der Waals surface area contributed by atoms with Crippen LogP contribution in [0.4, 0.5) is 0 Å². The molecule has 8 nitrogen and oxygen atoms in total. The summed E-state index contributed by atoms with van der Waals surface area (Å²) in [5.41, 5.74) is 1.39. The number of benzene rings is 1. The third-order valence-electron chi connectivity index (χ3n) is 9.86. The lowest BCUT2D eigenvalue weighted by Crippen LogP contribution is -2.15. The number of hydrogen-bond donors (Lipinski definition) is 0. The molecule has 0 aliphatic heterocycles. The van der Waals surface area contributed by atoms with Gasteiger partial charge in [0.15, 0.2) is 0 Å². The van der Waals surface area contributed by atoms with E-state index in [1.807, 2.05) is 0 Å². The Kier molecular flexibility index (Phi) is 42.8. The second-order valence-electron chi connectivity index (χ2n) is 15.0. The van der Waals surface area contributed by atoms with Gasteiger partial charge in [0.25, 0.3) is 0 Å². The Morgan fingerprint density at radius 1 is 0.273 bits per heavy atom. The Morgan fingerprint density at radius 3 is 0.891 bits per heavy atom. The molecule has 55 heavy (non-hydrogen) atoms. The van der Waals surface area contributed by atoms with E-state index >= 15 is 0 Å². The first kappa shape index (κ1) is 51.8. The molecular weight excluding hydrogens is 693 g/mol. The zero-order valence-corrected chi connectivity index (χ0v) is 36.2. The van der Waals surface area contributed by atoms with Gasteiger partial charge in [-0.25, -0.2) is 0 Å². The van der Waals surface area contributed by atoms with E-state index in [4.69, 9.17) is 37.9 Å². The van der Waals surface area contributed by atoms with Crippen molar-refractivity contribution in [1.29, 1.82) is 0 Å². The fourth-order valence-corrected chi connectivity index (χ4v) is 6.43. The molecule has 0 fully saturated rings. The van der Waals surface area contributed by atoms with Crippen molar-refractivity contribution in [3.8, 4) is 5.75 Å². The van der Waals surface area contributed by atoms with Gasteiger partial charge in [0, 0.05) is 6.61 Å². The summed E-state index contributed by atoms with van der Waals surface area (Å²) < 4.78 is 45.0. The van der Waals surface area contributed by atoms with E-state index in [0.29, 0.717) is 92.5 Å². The van der Waals surface area contributed by atoms with Crippen molar-refractivity contribution in [1.82, 2.24) is 0 Å². The van der Waals surface area contributed by atoms with Gasteiger partial charge in [-0.1, -0.05) is 161 Å². The SMILES string of the molecule is CCCCCCCCCCCCCCCCCCOCCOCCOCCOCCOCCOCCOCCOc1ccc(CCCCCCCCC)cc1. The van der Waals surface area contributed by atoms with E-state index in [-0.39, 0.29) is 0 Å².